The number of hydrogen-bond donors (Lipinski definition) is 1. The Labute approximate surface area is 170 Å². The van der Waals surface area contributed by atoms with Gasteiger partial charge in [-0.2, -0.15) is 5.26 Å². The maximum Gasteiger partial charge on any atom is 0.339 e. The minimum Gasteiger partial charge on any atom is -0.452 e. The van der Waals surface area contributed by atoms with Gasteiger partial charge in [-0.15, -0.1) is 11.8 Å². The molecule has 1 N–H and O–H groups in total. The van der Waals surface area contributed by atoms with Crippen LogP contribution in [0.4, 0.5) is 0 Å². The van der Waals surface area contributed by atoms with Crippen molar-refractivity contribution in [2.24, 2.45) is 5.92 Å². The molecule has 0 unspecified atom stereocenters. The molecule has 0 aromatic heterocycles. The van der Waals surface area contributed by atoms with Gasteiger partial charge < -0.3 is 10.1 Å². The molecule has 1 amide bonds. The first-order chi connectivity index (χ1) is 13.5. The van der Waals surface area contributed by atoms with Gasteiger partial charge in [-0.1, -0.05) is 38.1 Å². The molecule has 5 nitrogen and oxygen atoms in total. The number of thioether (sulfide) groups is 1. The molecule has 0 spiro atoms. The second kappa shape index (κ2) is 11.2. The predicted octanol–water partition coefficient (Wildman–Crippen LogP) is 4.17. The molecule has 2 aromatic rings. The lowest BCUT2D eigenvalue weighted by atomic mass is 10.1. The Morgan fingerprint density at radius 1 is 1.14 bits per heavy atom. The van der Waals surface area contributed by atoms with E-state index in [1.54, 1.807) is 24.3 Å². The Kier molecular flexibility index (Phi) is 8.57. The molecule has 2 aromatic carbocycles. The third kappa shape index (κ3) is 7.09. The van der Waals surface area contributed by atoms with Crippen LogP contribution in [0, 0.1) is 17.2 Å². The molecule has 146 valence electrons. The molecule has 0 saturated heterocycles. The van der Waals surface area contributed by atoms with E-state index in [9.17, 15) is 9.59 Å². The van der Waals surface area contributed by atoms with Gasteiger partial charge in [0.25, 0.3) is 5.91 Å². The van der Waals surface area contributed by atoms with Crippen LogP contribution in [-0.4, -0.2) is 25.0 Å². The molecular formula is C22H24N2O3S. The molecular weight excluding hydrogens is 372 g/mol. The van der Waals surface area contributed by atoms with Crippen LogP contribution in [0.15, 0.2) is 53.4 Å². The summed E-state index contributed by atoms with van der Waals surface area (Å²) < 4.78 is 5.17. The highest BCUT2D eigenvalue weighted by Crippen LogP contribution is 2.27. The number of benzene rings is 2. The largest absolute Gasteiger partial charge is 0.452 e. The van der Waals surface area contributed by atoms with Gasteiger partial charge in [0.15, 0.2) is 6.61 Å². The van der Waals surface area contributed by atoms with Gasteiger partial charge in [0, 0.05) is 17.2 Å². The molecule has 2 rings (SSSR count). The Morgan fingerprint density at radius 3 is 2.54 bits per heavy atom. The zero-order valence-corrected chi connectivity index (χ0v) is 16.9. The molecule has 0 fully saturated rings. The fraction of sp³-hybridized carbons (Fsp3) is 0.318. The van der Waals surface area contributed by atoms with Crippen molar-refractivity contribution in [2.45, 2.75) is 30.9 Å². The van der Waals surface area contributed by atoms with Crippen LogP contribution in [0.2, 0.25) is 0 Å². The average Bonchev–Trinajstić information content (AvgIpc) is 2.70. The Hall–Kier alpha value is -2.78. The van der Waals surface area contributed by atoms with Crippen molar-refractivity contribution in [1.29, 1.82) is 5.26 Å². The summed E-state index contributed by atoms with van der Waals surface area (Å²) in [7, 11) is 0. The van der Waals surface area contributed by atoms with E-state index in [-0.39, 0.29) is 12.5 Å². The first kappa shape index (κ1) is 21.5. The van der Waals surface area contributed by atoms with Crippen LogP contribution >= 0.6 is 11.8 Å². The third-order valence-electron chi connectivity index (χ3n) is 3.96. The second-order valence-electron chi connectivity index (χ2n) is 6.70. The highest BCUT2D eigenvalue weighted by Gasteiger charge is 2.14. The topological polar surface area (TPSA) is 79.2 Å². The van der Waals surface area contributed by atoms with Crippen molar-refractivity contribution in [1.82, 2.24) is 5.32 Å². The van der Waals surface area contributed by atoms with E-state index in [0.717, 1.165) is 16.9 Å². The molecule has 0 heterocycles. The van der Waals surface area contributed by atoms with Crippen LogP contribution in [-0.2, 0) is 15.3 Å². The zero-order valence-electron chi connectivity index (χ0n) is 16.1. The van der Waals surface area contributed by atoms with E-state index in [4.69, 9.17) is 10.00 Å². The zero-order chi connectivity index (χ0) is 20.4. The molecule has 28 heavy (non-hydrogen) atoms. The average molecular weight is 397 g/mol. The van der Waals surface area contributed by atoms with Gasteiger partial charge in [0.2, 0.25) is 0 Å². The Balaban J connectivity index is 1.90. The molecule has 6 heteroatoms. The normalized spacial score (nSPS) is 10.4. The number of carbonyl (C=O) groups excluding carboxylic acids is 2. The lowest BCUT2D eigenvalue weighted by molar-refractivity contribution is -0.124. The van der Waals surface area contributed by atoms with Gasteiger partial charge in [-0.3, -0.25) is 4.79 Å². The summed E-state index contributed by atoms with van der Waals surface area (Å²) in [6, 6.07) is 16.6. The number of esters is 1. The van der Waals surface area contributed by atoms with Crippen molar-refractivity contribution in [3.05, 3.63) is 65.2 Å². The Morgan fingerprint density at radius 2 is 1.86 bits per heavy atom. The number of nitrogens with zero attached hydrogens (tertiary/aromatic N) is 1. The first-order valence-corrected chi connectivity index (χ1v) is 10.1. The molecule has 0 atom stereocenters. The molecule has 0 saturated carbocycles. The number of ether oxygens (including phenoxy) is 1. The molecule has 0 aliphatic rings. The van der Waals surface area contributed by atoms with E-state index < -0.39 is 5.97 Å². The van der Waals surface area contributed by atoms with Crippen LogP contribution < -0.4 is 5.32 Å². The smallest absolute Gasteiger partial charge is 0.339 e. The predicted molar refractivity (Wildman–Crippen MR) is 110 cm³/mol. The maximum atomic E-state index is 12.4. The van der Waals surface area contributed by atoms with Crippen molar-refractivity contribution < 1.29 is 14.3 Å². The summed E-state index contributed by atoms with van der Waals surface area (Å²) in [5.41, 5.74) is 2.11. The summed E-state index contributed by atoms with van der Waals surface area (Å²) in [5, 5.41) is 11.6. The van der Waals surface area contributed by atoms with E-state index in [1.807, 2.05) is 24.3 Å². The summed E-state index contributed by atoms with van der Waals surface area (Å²) >= 11 is 1.51. The molecule has 0 bridgehead atoms. The standard InChI is InChI=1S/C22H24N2O3S/c1-16(2)11-12-24-21(25)14-27-22(26)19-5-3-4-6-20(19)28-15-18-9-7-17(13-23)8-10-18/h3-10,16H,11-12,14-15H2,1-2H3,(H,24,25). The second-order valence-corrected chi connectivity index (χ2v) is 7.72. The lowest BCUT2D eigenvalue weighted by Gasteiger charge is -2.10. The number of nitrogens with one attached hydrogen (secondary N) is 1. The first-order valence-electron chi connectivity index (χ1n) is 9.14. The number of hydrogen-bond acceptors (Lipinski definition) is 5. The third-order valence-corrected chi connectivity index (χ3v) is 5.11. The summed E-state index contributed by atoms with van der Waals surface area (Å²) in [5.74, 6) is 0.354. The number of rotatable bonds is 9. The van der Waals surface area contributed by atoms with Crippen molar-refractivity contribution >= 4 is 23.6 Å². The van der Waals surface area contributed by atoms with Crippen LogP contribution in [0.3, 0.4) is 0 Å². The minimum atomic E-state index is -0.512. The van der Waals surface area contributed by atoms with Crippen LogP contribution in [0.5, 0.6) is 0 Å². The SMILES string of the molecule is CC(C)CCNC(=O)COC(=O)c1ccccc1SCc1ccc(C#N)cc1. The highest BCUT2D eigenvalue weighted by molar-refractivity contribution is 7.98. The van der Waals surface area contributed by atoms with Gasteiger partial charge in [0.1, 0.15) is 0 Å². The van der Waals surface area contributed by atoms with E-state index >= 15 is 0 Å². The monoisotopic (exact) mass is 396 g/mol. The summed E-state index contributed by atoms with van der Waals surface area (Å²) in [4.78, 5) is 25.0. The number of amides is 1. The number of carbonyl (C=O) groups is 2. The van der Waals surface area contributed by atoms with Crippen LogP contribution in [0.1, 0.15) is 41.8 Å². The Bertz CT molecular complexity index is 842. The molecule has 0 radical (unpaired) electrons. The summed E-state index contributed by atoms with van der Waals surface area (Å²) in [6.07, 6.45) is 0.883. The maximum absolute atomic E-state index is 12.4. The van der Waals surface area contributed by atoms with E-state index in [1.165, 1.54) is 11.8 Å². The summed E-state index contributed by atoms with van der Waals surface area (Å²) in [6.45, 7) is 4.45. The van der Waals surface area contributed by atoms with Gasteiger partial charge in [0.05, 0.1) is 17.2 Å². The van der Waals surface area contributed by atoms with Crippen molar-refractivity contribution in [2.75, 3.05) is 13.2 Å². The fourth-order valence-electron chi connectivity index (χ4n) is 2.36. The molecule has 0 aliphatic carbocycles. The molecule has 0 aliphatic heterocycles. The van der Waals surface area contributed by atoms with Gasteiger partial charge >= 0.3 is 5.97 Å². The highest BCUT2D eigenvalue weighted by atomic mass is 32.2. The van der Waals surface area contributed by atoms with Gasteiger partial charge in [-0.05, 0) is 42.2 Å². The fourth-order valence-corrected chi connectivity index (χ4v) is 3.35. The van der Waals surface area contributed by atoms with E-state index in [0.29, 0.717) is 29.3 Å². The van der Waals surface area contributed by atoms with Gasteiger partial charge in [-0.25, -0.2) is 4.79 Å². The quantitative estimate of drug-likeness (QED) is 0.508. The minimum absolute atomic E-state index is 0.286. The van der Waals surface area contributed by atoms with Crippen molar-refractivity contribution in [3.63, 3.8) is 0 Å². The lowest BCUT2D eigenvalue weighted by Crippen LogP contribution is -2.30. The van der Waals surface area contributed by atoms with E-state index in [2.05, 4.69) is 25.2 Å². The van der Waals surface area contributed by atoms with Crippen LogP contribution in [0.25, 0.3) is 0 Å². The van der Waals surface area contributed by atoms with Crippen molar-refractivity contribution in [3.8, 4) is 6.07 Å². The number of nitriles is 1.